The Bertz CT molecular complexity index is 429. The lowest BCUT2D eigenvalue weighted by atomic mass is 9.89. The Morgan fingerprint density at radius 2 is 2.07 bits per heavy atom. The third kappa shape index (κ3) is 1.53. The van der Waals surface area contributed by atoms with Gasteiger partial charge in [0.1, 0.15) is 0 Å². The van der Waals surface area contributed by atoms with E-state index >= 15 is 0 Å². The van der Waals surface area contributed by atoms with Crippen LogP contribution in [0.3, 0.4) is 0 Å². The van der Waals surface area contributed by atoms with Crippen LogP contribution in [0.25, 0.3) is 0 Å². The first-order valence-corrected chi connectivity index (χ1v) is 5.57. The summed E-state index contributed by atoms with van der Waals surface area (Å²) >= 11 is 3.40. The molecule has 0 bridgehead atoms. The molecule has 0 fully saturated rings. The molecule has 0 spiro atoms. The summed E-state index contributed by atoms with van der Waals surface area (Å²) in [5.74, 6) is 0. The number of hydrogen-bond donors (Lipinski definition) is 1. The Morgan fingerprint density at radius 1 is 1.40 bits per heavy atom. The van der Waals surface area contributed by atoms with Crippen molar-refractivity contribution in [2.45, 2.75) is 19.4 Å². The SMILES string of the molecule is CN1C(=O)Nc2cc(Br)ccc2C1(C)C. The van der Waals surface area contributed by atoms with Gasteiger partial charge in [0.15, 0.2) is 0 Å². The van der Waals surface area contributed by atoms with E-state index < -0.39 is 0 Å². The van der Waals surface area contributed by atoms with Crippen molar-refractivity contribution in [2.75, 3.05) is 12.4 Å². The lowest BCUT2D eigenvalue weighted by molar-refractivity contribution is 0.164. The number of amides is 2. The Morgan fingerprint density at radius 3 is 2.73 bits per heavy atom. The highest BCUT2D eigenvalue weighted by Gasteiger charge is 2.36. The molecule has 1 aliphatic rings. The molecule has 0 aliphatic carbocycles. The van der Waals surface area contributed by atoms with Crippen molar-refractivity contribution in [1.29, 1.82) is 0 Å². The van der Waals surface area contributed by atoms with E-state index in [1.165, 1.54) is 0 Å². The molecule has 0 atom stereocenters. The van der Waals surface area contributed by atoms with Gasteiger partial charge in [0, 0.05) is 22.8 Å². The fourth-order valence-electron chi connectivity index (χ4n) is 1.79. The van der Waals surface area contributed by atoms with Crippen molar-refractivity contribution in [2.24, 2.45) is 0 Å². The van der Waals surface area contributed by atoms with Gasteiger partial charge in [-0.25, -0.2) is 4.79 Å². The summed E-state index contributed by atoms with van der Waals surface area (Å²) in [5, 5.41) is 2.86. The van der Waals surface area contributed by atoms with Gasteiger partial charge in [-0.15, -0.1) is 0 Å². The van der Waals surface area contributed by atoms with E-state index in [0.717, 1.165) is 15.7 Å². The summed E-state index contributed by atoms with van der Waals surface area (Å²) in [7, 11) is 1.81. The van der Waals surface area contributed by atoms with E-state index in [2.05, 4.69) is 21.2 Å². The van der Waals surface area contributed by atoms with E-state index in [4.69, 9.17) is 0 Å². The molecule has 0 radical (unpaired) electrons. The number of carbonyl (C=O) groups excluding carboxylic acids is 1. The number of fused-ring (bicyclic) bond motifs is 1. The quantitative estimate of drug-likeness (QED) is 0.770. The van der Waals surface area contributed by atoms with Gasteiger partial charge >= 0.3 is 6.03 Å². The smallest absolute Gasteiger partial charge is 0.318 e. The predicted octanol–water partition coefficient (Wildman–Crippen LogP) is 3.16. The highest BCUT2D eigenvalue weighted by molar-refractivity contribution is 9.10. The standard InChI is InChI=1S/C11H13BrN2O/c1-11(2)8-5-4-7(12)6-9(8)13-10(15)14(11)3/h4-6H,1-3H3,(H,13,15). The largest absolute Gasteiger partial charge is 0.322 e. The minimum Gasteiger partial charge on any atom is -0.318 e. The molecular weight excluding hydrogens is 256 g/mol. The lowest BCUT2D eigenvalue weighted by Gasteiger charge is -2.41. The number of urea groups is 1. The van der Waals surface area contributed by atoms with Gasteiger partial charge in [0.2, 0.25) is 0 Å². The second-order valence-electron chi connectivity index (χ2n) is 4.24. The second kappa shape index (κ2) is 3.23. The summed E-state index contributed by atoms with van der Waals surface area (Å²) in [4.78, 5) is 13.4. The summed E-state index contributed by atoms with van der Waals surface area (Å²) in [6.07, 6.45) is 0. The summed E-state index contributed by atoms with van der Waals surface area (Å²) in [6.45, 7) is 4.08. The minimum absolute atomic E-state index is 0.0643. The third-order valence-corrected chi connectivity index (χ3v) is 3.52. The number of benzene rings is 1. The number of anilines is 1. The lowest BCUT2D eigenvalue weighted by Crippen LogP contribution is -2.49. The van der Waals surface area contributed by atoms with Gasteiger partial charge in [-0.1, -0.05) is 22.0 Å². The average Bonchev–Trinajstić information content (AvgIpc) is 2.14. The van der Waals surface area contributed by atoms with Crippen molar-refractivity contribution in [3.63, 3.8) is 0 Å². The maximum atomic E-state index is 11.7. The van der Waals surface area contributed by atoms with Crippen LogP contribution in [0.2, 0.25) is 0 Å². The van der Waals surface area contributed by atoms with E-state index in [9.17, 15) is 4.79 Å². The molecule has 15 heavy (non-hydrogen) atoms. The highest BCUT2D eigenvalue weighted by Crippen LogP contribution is 2.37. The average molecular weight is 269 g/mol. The topological polar surface area (TPSA) is 32.3 Å². The minimum atomic E-state index is -0.266. The van der Waals surface area contributed by atoms with Gasteiger partial charge in [-0.3, -0.25) is 0 Å². The van der Waals surface area contributed by atoms with Gasteiger partial charge in [0.25, 0.3) is 0 Å². The monoisotopic (exact) mass is 268 g/mol. The summed E-state index contributed by atoms with van der Waals surface area (Å²) in [5.41, 5.74) is 1.75. The highest BCUT2D eigenvalue weighted by atomic mass is 79.9. The second-order valence-corrected chi connectivity index (χ2v) is 5.15. The zero-order valence-corrected chi connectivity index (χ0v) is 10.6. The van der Waals surface area contributed by atoms with Crippen molar-refractivity contribution >= 4 is 27.6 Å². The van der Waals surface area contributed by atoms with Crippen LogP contribution in [-0.2, 0) is 5.54 Å². The van der Waals surface area contributed by atoms with Crippen LogP contribution in [0.15, 0.2) is 22.7 Å². The van der Waals surface area contributed by atoms with E-state index in [1.54, 1.807) is 11.9 Å². The Balaban J connectivity index is 2.60. The van der Waals surface area contributed by atoms with Crippen molar-refractivity contribution in [3.05, 3.63) is 28.2 Å². The van der Waals surface area contributed by atoms with Crippen LogP contribution < -0.4 is 5.32 Å². The van der Waals surface area contributed by atoms with Crippen LogP contribution in [0.5, 0.6) is 0 Å². The maximum Gasteiger partial charge on any atom is 0.322 e. The van der Waals surface area contributed by atoms with Crippen LogP contribution >= 0.6 is 15.9 Å². The first-order valence-electron chi connectivity index (χ1n) is 4.78. The Kier molecular flexibility index (Phi) is 2.26. The van der Waals surface area contributed by atoms with Crippen molar-refractivity contribution in [3.8, 4) is 0 Å². The molecule has 0 unspecified atom stereocenters. The molecule has 1 N–H and O–H groups in total. The Labute approximate surface area is 97.6 Å². The van der Waals surface area contributed by atoms with Gasteiger partial charge in [-0.05, 0) is 26.0 Å². The van der Waals surface area contributed by atoms with Gasteiger partial charge < -0.3 is 10.2 Å². The molecule has 80 valence electrons. The zero-order valence-electron chi connectivity index (χ0n) is 8.97. The van der Waals surface area contributed by atoms with E-state index in [-0.39, 0.29) is 11.6 Å². The molecule has 1 aliphatic heterocycles. The maximum absolute atomic E-state index is 11.7. The Hall–Kier alpha value is -1.03. The van der Waals surface area contributed by atoms with Crippen LogP contribution in [-0.4, -0.2) is 18.0 Å². The van der Waals surface area contributed by atoms with Gasteiger partial charge in [0.05, 0.1) is 5.54 Å². The molecule has 4 heteroatoms. The normalized spacial score (nSPS) is 18.4. The molecule has 2 amide bonds. The number of halogens is 1. The molecule has 0 aromatic heterocycles. The van der Waals surface area contributed by atoms with Gasteiger partial charge in [-0.2, -0.15) is 0 Å². The molecule has 1 heterocycles. The number of rotatable bonds is 0. The molecule has 0 saturated heterocycles. The first-order chi connectivity index (χ1) is 6.93. The number of hydrogen-bond acceptors (Lipinski definition) is 1. The molecule has 1 aromatic carbocycles. The first kappa shape index (κ1) is 10.5. The molecular formula is C11H13BrN2O. The van der Waals surface area contributed by atoms with Crippen molar-refractivity contribution < 1.29 is 4.79 Å². The summed E-state index contributed by atoms with van der Waals surface area (Å²) < 4.78 is 0.974. The predicted molar refractivity (Wildman–Crippen MR) is 63.9 cm³/mol. The molecule has 2 rings (SSSR count). The zero-order chi connectivity index (χ0) is 11.2. The molecule has 1 aromatic rings. The number of nitrogens with zero attached hydrogens (tertiary/aromatic N) is 1. The number of nitrogens with one attached hydrogen (secondary N) is 1. The fourth-order valence-corrected chi connectivity index (χ4v) is 2.15. The van der Waals surface area contributed by atoms with E-state index in [1.807, 2.05) is 32.0 Å². The van der Waals surface area contributed by atoms with Crippen LogP contribution in [0, 0.1) is 0 Å². The fraction of sp³-hybridized carbons (Fsp3) is 0.364. The number of carbonyl (C=O) groups is 1. The van der Waals surface area contributed by atoms with Crippen LogP contribution in [0.1, 0.15) is 19.4 Å². The summed E-state index contributed by atoms with van der Waals surface area (Å²) in [6, 6.07) is 5.90. The van der Waals surface area contributed by atoms with Crippen LogP contribution in [0.4, 0.5) is 10.5 Å². The van der Waals surface area contributed by atoms with E-state index in [0.29, 0.717) is 0 Å². The molecule has 3 nitrogen and oxygen atoms in total. The third-order valence-electron chi connectivity index (χ3n) is 3.03. The van der Waals surface area contributed by atoms with Crippen molar-refractivity contribution in [1.82, 2.24) is 4.90 Å². The molecule has 0 saturated carbocycles.